The summed E-state index contributed by atoms with van der Waals surface area (Å²) in [6, 6.07) is 19.0. The molecule has 0 radical (unpaired) electrons. The van der Waals surface area contributed by atoms with Crippen LogP contribution in [-0.4, -0.2) is 63.1 Å². The highest BCUT2D eigenvalue weighted by Crippen LogP contribution is 2.41. The Labute approximate surface area is 255 Å². The van der Waals surface area contributed by atoms with Crippen molar-refractivity contribution in [2.45, 2.75) is 43.9 Å². The molecule has 3 heterocycles. The second-order valence-corrected chi connectivity index (χ2v) is 12.3. The van der Waals surface area contributed by atoms with Crippen LogP contribution < -0.4 is 10.6 Å². The molecule has 224 valence electrons. The fourth-order valence-electron chi connectivity index (χ4n) is 6.09. The van der Waals surface area contributed by atoms with Gasteiger partial charge < -0.3 is 25.4 Å². The number of aliphatic hydroxyl groups excluding tert-OH is 2. The number of nitrogens with zero attached hydrogens (tertiary/aromatic N) is 3. The molecule has 9 heteroatoms. The zero-order chi connectivity index (χ0) is 29.6. The highest BCUT2D eigenvalue weighted by molar-refractivity contribution is 7.13. The maximum absolute atomic E-state index is 13.0. The van der Waals surface area contributed by atoms with Gasteiger partial charge in [0, 0.05) is 40.7 Å². The molecule has 1 fully saturated rings. The quantitative estimate of drug-likeness (QED) is 0.143. The summed E-state index contributed by atoms with van der Waals surface area (Å²) in [5, 5.41) is 32.1. The van der Waals surface area contributed by atoms with Crippen LogP contribution in [0.4, 0.5) is 4.39 Å². The number of fused-ring (bicyclic) bond motifs is 1. The maximum Gasteiger partial charge on any atom is 0.144 e. The van der Waals surface area contributed by atoms with Gasteiger partial charge in [-0.05, 0) is 85.6 Å². The highest BCUT2D eigenvalue weighted by Gasteiger charge is 2.42. The summed E-state index contributed by atoms with van der Waals surface area (Å²) in [5.41, 5.74) is 5.48. The molecule has 3 aromatic heterocycles. The van der Waals surface area contributed by atoms with Crippen molar-refractivity contribution in [2.24, 2.45) is 5.92 Å². The Hall–Kier alpha value is -3.47. The molecule has 0 saturated heterocycles. The zero-order valence-corrected chi connectivity index (χ0v) is 24.9. The van der Waals surface area contributed by atoms with Crippen molar-refractivity contribution in [2.75, 3.05) is 26.2 Å². The molecule has 2 aromatic carbocycles. The van der Waals surface area contributed by atoms with Gasteiger partial charge in [0.2, 0.25) is 0 Å². The first kappa shape index (κ1) is 29.6. The fraction of sp³-hybridized carbons (Fsp3) is 0.353. The summed E-state index contributed by atoms with van der Waals surface area (Å²) in [4.78, 5) is 10.0. The van der Waals surface area contributed by atoms with Crippen LogP contribution in [0.1, 0.15) is 35.6 Å². The van der Waals surface area contributed by atoms with Crippen LogP contribution >= 0.6 is 11.3 Å². The average molecular weight is 600 g/mol. The van der Waals surface area contributed by atoms with Crippen molar-refractivity contribution < 1.29 is 14.6 Å². The second-order valence-electron chi connectivity index (χ2n) is 11.4. The minimum atomic E-state index is -0.879. The summed E-state index contributed by atoms with van der Waals surface area (Å²) in [6.07, 6.45) is 7.12. The van der Waals surface area contributed by atoms with Gasteiger partial charge in [-0.25, -0.2) is 14.4 Å². The summed E-state index contributed by atoms with van der Waals surface area (Å²) in [7, 11) is 0. The molecule has 1 saturated carbocycles. The first-order chi connectivity index (χ1) is 21.1. The predicted octanol–water partition coefficient (Wildman–Crippen LogP) is 4.98. The molecule has 0 aliphatic heterocycles. The fourth-order valence-corrected chi connectivity index (χ4v) is 7.03. The smallest absolute Gasteiger partial charge is 0.144 e. The average Bonchev–Trinajstić information content (AvgIpc) is 3.72. The third-order valence-electron chi connectivity index (χ3n) is 8.41. The Kier molecular flexibility index (Phi) is 9.55. The summed E-state index contributed by atoms with van der Waals surface area (Å²) in [5.74, 6) is -0.269. The monoisotopic (exact) mass is 599 g/mol. The van der Waals surface area contributed by atoms with Crippen LogP contribution in [-0.2, 0) is 12.8 Å². The molecule has 6 rings (SSSR count). The Morgan fingerprint density at radius 1 is 0.930 bits per heavy atom. The van der Waals surface area contributed by atoms with Crippen molar-refractivity contribution in [3.63, 3.8) is 0 Å². The van der Waals surface area contributed by atoms with E-state index in [-0.39, 0.29) is 17.8 Å². The Balaban J connectivity index is 1.04. The highest BCUT2D eigenvalue weighted by atomic mass is 32.1. The lowest BCUT2D eigenvalue weighted by Crippen LogP contribution is -2.34. The summed E-state index contributed by atoms with van der Waals surface area (Å²) < 4.78 is 15.1. The minimum absolute atomic E-state index is 0.0617. The number of nitrogens with one attached hydrogen (secondary N) is 2. The number of halogens is 1. The van der Waals surface area contributed by atoms with Crippen LogP contribution in [0.25, 0.3) is 21.5 Å². The van der Waals surface area contributed by atoms with Crippen molar-refractivity contribution in [1.82, 2.24) is 25.2 Å². The van der Waals surface area contributed by atoms with E-state index in [0.717, 1.165) is 65.9 Å². The zero-order valence-electron chi connectivity index (χ0n) is 24.1. The van der Waals surface area contributed by atoms with Crippen LogP contribution in [0, 0.1) is 11.7 Å². The number of aromatic nitrogens is 3. The molecule has 1 aliphatic rings. The lowest BCUT2D eigenvalue weighted by atomic mass is 10.1. The van der Waals surface area contributed by atoms with Crippen LogP contribution in [0.3, 0.4) is 0 Å². The number of aliphatic hydroxyl groups is 2. The number of rotatable bonds is 13. The summed E-state index contributed by atoms with van der Waals surface area (Å²) in [6.45, 7) is 3.18. The normalized spacial score (nSPS) is 20.3. The van der Waals surface area contributed by atoms with Gasteiger partial charge in [-0.1, -0.05) is 42.5 Å². The van der Waals surface area contributed by atoms with E-state index in [1.807, 2.05) is 29.0 Å². The molecular weight excluding hydrogens is 561 g/mol. The molecule has 0 spiro atoms. The first-order valence-electron chi connectivity index (χ1n) is 15.0. The number of benzene rings is 2. The molecule has 1 aliphatic carbocycles. The molecule has 4 N–H and O–H groups in total. The molecular formula is C34H38FN5O2S. The molecule has 4 atom stereocenters. The van der Waals surface area contributed by atoms with Gasteiger partial charge in [-0.15, -0.1) is 11.3 Å². The van der Waals surface area contributed by atoms with Gasteiger partial charge in [0.15, 0.2) is 0 Å². The van der Waals surface area contributed by atoms with Gasteiger partial charge in [0.25, 0.3) is 0 Å². The molecule has 0 amide bonds. The third kappa shape index (κ3) is 7.03. The summed E-state index contributed by atoms with van der Waals surface area (Å²) >= 11 is 1.70. The Morgan fingerprint density at radius 3 is 2.58 bits per heavy atom. The van der Waals surface area contributed by atoms with Crippen molar-refractivity contribution >= 4 is 22.4 Å². The van der Waals surface area contributed by atoms with Gasteiger partial charge in [-0.2, -0.15) is 0 Å². The van der Waals surface area contributed by atoms with Gasteiger partial charge in [0.1, 0.15) is 23.9 Å². The standard InChI is InChI=1S/C34H38FN5O2S/c35-27-9-7-23(8-10-27)11-14-36-12-4-13-37-18-26-17-30(33(42)32(26)41)40-20-29(28-19-38-22-39-34(28)40)31-16-25(21-43-31)15-24-5-2-1-3-6-24/h1-3,5-10,16,19-22,26,30,32-33,36-37,41-42H,4,11-15,17-18H2/t26-,30-,32-,33+/m1/s1. The first-order valence-corrected chi connectivity index (χ1v) is 15.9. The maximum atomic E-state index is 13.0. The predicted molar refractivity (Wildman–Crippen MR) is 170 cm³/mol. The Morgan fingerprint density at radius 2 is 1.74 bits per heavy atom. The van der Waals surface area contributed by atoms with Crippen molar-refractivity contribution in [1.29, 1.82) is 0 Å². The molecule has 7 nitrogen and oxygen atoms in total. The van der Waals surface area contributed by atoms with Crippen LogP contribution in [0.2, 0.25) is 0 Å². The van der Waals surface area contributed by atoms with E-state index in [4.69, 9.17) is 0 Å². The van der Waals surface area contributed by atoms with Crippen LogP contribution in [0.5, 0.6) is 0 Å². The van der Waals surface area contributed by atoms with Crippen LogP contribution in [0.15, 0.2) is 84.8 Å². The van der Waals surface area contributed by atoms with E-state index in [9.17, 15) is 14.6 Å². The largest absolute Gasteiger partial charge is 0.390 e. The van der Waals surface area contributed by atoms with Gasteiger partial charge >= 0.3 is 0 Å². The Bertz CT molecular complexity index is 1610. The van der Waals surface area contributed by atoms with Gasteiger partial charge in [0.05, 0.1) is 12.1 Å². The van der Waals surface area contributed by atoms with E-state index in [1.165, 1.54) is 23.3 Å². The number of hydrogen-bond acceptors (Lipinski definition) is 7. The molecule has 0 unspecified atom stereocenters. The van der Waals surface area contributed by atoms with E-state index in [1.54, 1.807) is 17.7 Å². The lowest BCUT2D eigenvalue weighted by Gasteiger charge is -2.19. The van der Waals surface area contributed by atoms with E-state index >= 15 is 0 Å². The molecule has 0 bridgehead atoms. The van der Waals surface area contributed by atoms with Crippen molar-refractivity contribution in [3.05, 3.63) is 107 Å². The van der Waals surface area contributed by atoms with Crippen molar-refractivity contribution in [3.8, 4) is 10.4 Å². The van der Waals surface area contributed by atoms with E-state index < -0.39 is 12.2 Å². The topological polar surface area (TPSA) is 95.2 Å². The molecule has 43 heavy (non-hydrogen) atoms. The number of hydrogen-bond donors (Lipinski definition) is 4. The number of thiophene rings is 1. The SMILES string of the molecule is O[C@@H]1[C@@H](CNCCCNCCc2ccc(F)cc2)C[C@@H](n2cc(-c3cc(Cc4ccccc4)cs3)c3cncnc32)[C@@H]1O. The third-order valence-corrected chi connectivity index (χ3v) is 9.42. The van der Waals surface area contributed by atoms with E-state index in [2.05, 4.69) is 62.5 Å². The van der Waals surface area contributed by atoms with E-state index in [0.29, 0.717) is 13.0 Å². The lowest BCUT2D eigenvalue weighted by molar-refractivity contribution is 0.00695. The second kappa shape index (κ2) is 13.9. The molecule has 5 aromatic rings. The minimum Gasteiger partial charge on any atom is -0.390 e. The van der Waals surface area contributed by atoms with Gasteiger partial charge in [-0.3, -0.25) is 0 Å².